The molecule has 2 amide bonds. The Bertz CT molecular complexity index is 642. The van der Waals surface area contributed by atoms with E-state index in [0.29, 0.717) is 0 Å². The third-order valence-corrected chi connectivity index (χ3v) is 3.71. The molecule has 1 unspecified atom stereocenters. The molecule has 1 atom stereocenters. The molecule has 0 aliphatic heterocycles. The van der Waals surface area contributed by atoms with Crippen molar-refractivity contribution in [2.24, 2.45) is 0 Å². The average Bonchev–Trinajstić information content (AvgIpc) is 2.51. The zero-order valence-electron chi connectivity index (χ0n) is 13.5. The van der Waals surface area contributed by atoms with Crippen molar-refractivity contribution in [2.75, 3.05) is 12.4 Å². The lowest BCUT2D eigenvalue weighted by atomic mass is 10.1. The fourth-order valence-corrected chi connectivity index (χ4v) is 2.47. The van der Waals surface area contributed by atoms with Gasteiger partial charge in [0.15, 0.2) is 0 Å². The van der Waals surface area contributed by atoms with Gasteiger partial charge in [-0.3, -0.25) is 9.97 Å². The van der Waals surface area contributed by atoms with Gasteiger partial charge in [0, 0.05) is 25.1 Å². The highest BCUT2D eigenvalue weighted by molar-refractivity contribution is 5.90. The van der Waals surface area contributed by atoms with Gasteiger partial charge in [-0.15, -0.1) is 0 Å². The van der Waals surface area contributed by atoms with Crippen LogP contribution >= 0.6 is 0 Å². The van der Waals surface area contributed by atoms with E-state index in [4.69, 9.17) is 0 Å². The molecule has 2 heterocycles. The number of hydrogen-bond acceptors (Lipinski definition) is 3. The van der Waals surface area contributed by atoms with Crippen molar-refractivity contribution in [3.05, 3.63) is 53.6 Å². The normalized spacial score (nSPS) is 11.8. The molecule has 0 saturated carbocycles. The maximum atomic E-state index is 12.5. The van der Waals surface area contributed by atoms with Gasteiger partial charge in [-0.05, 0) is 44.0 Å². The molecule has 0 bridgehead atoms. The third kappa shape index (κ3) is 3.61. The van der Waals surface area contributed by atoms with E-state index in [1.807, 2.05) is 38.1 Å². The quantitative estimate of drug-likeness (QED) is 0.936. The predicted molar refractivity (Wildman–Crippen MR) is 87.8 cm³/mol. The van der Waals surface area contributed by atoms with Crippen LogP contribution in [0, 0.1) is 13.8 Å². The molecule has 116 valence electrons. The first-order chi connectivity index (χ1) is 10.5. The van der Waals surface area contributed by atoms with Crippen molar-refractivity contribution in [1.82, 2.24) is 14.9 Å². The standard InChI is InChI=1S/C17H22N4O/c1-5-16(14-7-6-10-18-11-14)21(4)17(22)20-15-9-8-12(2)19-13(15)3/h6-11,16H,5H2,1-4H3,(H,20,22). The topological polar surface area (TPSA) is 58.1 Å². The Hall–Kier alpha value is -2.43. The maximum absolute atomic E-state index is 12.5. The summed E-state index contributed by atoms with van der Waals surface area (Å²) in [6.07, 6.45) is 4.36. The molecule has 0 aromatic carbocycles. The second kappa shape index (κ2) is 7.02. The van der Waals surface area contributed by atoms with Crippen molar-refractivity contribution < 1.29 is 4.79 Å². The first kappa shape index (κ1) is 15.9. The minimum atomic E-state index is -0.149. The van der Waals surface area contributed by atoms with Crippen LogP contribution in [-0.2, 0) is 0 Å². The van der Waals surface area contributed by atoms with Crippen molar-refractivity contribution >= 4 is 11.7 Å². The molecule has 0 spiro atoms. The summed E-state index contributed by atoms with van der Waals surface area (Å²) in [5, 5.41) is 2.93. The number of urea groups is 1. The Morgan fingerprint density at radius 3 is 2.68 bits per heavy atom. The molecule has 22 heavy (non-hydrogen) atoms. The lowest BCUT2D eigenvalue weighted by Crippen LogP contribution is -2.35. The molecule has 0 radical (unpaired) electrons. The second-order valence-corrected chi connectivity index (χ2v) is 5.34. The Morgan fingerprint density at radius 2 is 2.09 bits per heavy atom. The molecule has 2 rings (SSSR count). The zero-order chi connectivity index (χ0) is 16.1. The van der Waals surface area contributed by atoms with E-state index >= 15 is 0 Å². The summed E-state index contributed by atoms with van der Waals surface area (Å²) in [5.74, 6) is 0. The average molecular weight is 298 g/mol. The Morgan fingerprint density at radius 1 is 1.32 bits per heavy atom. The molecule has 0 saturated heterocycles. The zero-order valence-corrected chi connectivity index (χ0v) is 13.5. The van der Waals surface area contributed by atoms with Crippen LogP contribution in [0.3, 0.4) is 0 Å². The Balaban J connectivity index is 2.14. The van der Waals surface area contributed by atoms with Gasteiger partial charge in [0.2, 0.25) is 0 Å². The molecule has 1 N–H and O–H groups in total. The molecule has 2 aromatic rings. The second-order valence-electron chi connectivity index (χ2n) is 5.34. The number of carbonyl (C=O) groups is 1. The van der Waals surface area contributed by atoms with E-state index in [1.165, 1.54) is 0 Å². The van der Waals surface area contributed by atoms with Crippen LogP contribution in [0.15, 0.2) is 36.7 Å². The summed E-state index contributed by atoms with van der Waals surface area (Å²) in [6, 6.07) is 7.49. The van der Waals surface area contributed by atoms with E-state index < -0.39 is 0 Å². The number of aryl methyl sites for hydroxylation is 2. The molecular weight excluding hydrogens is 276 g/mol. The molecular formula is C17H22N4O. The highest BCUT2D eigenvalue weighted by Gasteiger charge is 2.20. The van der Waals surface area contributed by atoms with Crippen LogP contribution in [0.1, 0.15) is 36.3 Å². The van der Waals surface area contributed by atoms with Crippen LogP contribution < -0.4 is 5.32 Å². The molecule has 0 fully saturated rings. The highest BCUT2D eigenvalue weighted by atomic mass is 16.2. The summed E-state index contributed by atoms with van der Waals surface area (Å²) in [5.41, 5.74) is 3.52. The van der Waals surface area contributed by atoms with Crippen LogP contribution in [0.2, 0.25) is 0 Å². The van der Waals surface area contributed by atoms with Crippen LogP contribution in [0.5, 0.6) is 0 Å². The van der Waals surface area contributed by atoms with Gasteiger partial charge in [0.05, 0.1) is 17.4 Å². The highest BCUT2D eigenvalue weighted by Crippen LogP contribution is 2.23. The van der Waals surface area contributed by atoms with Crippen LogP contribution in [0.25, 0.3) is 0 Å². The van der Waals surface area contributed by atoms with Gasteiger partial charge in [0.1, 0.15) is 0 Å². The van der Waals surface area contributed by atoms with Gasteiger partial charge in [-0.25, -0.2) is 4.79 Å². The number of anilines is 1. The number of amides is 2. The van der Waals surface area contributed by atoms with Gasteiger partial charge in [-0.2, -0.15) is 0 Å². The molecule has 5 nitrogen and oxygen atoms in total. The van der Waals surface area contributed by atoms with Crippen molar-refractivity contribution in [3.8, 4) is 0 Å². The summed E-state index contributed by atoms with van der Waals surface area (Å²) >= 11 is 0. The molecule has 0 aliphatic rings. The number of aromatic nitrogens is 2. The lowest BCUT2D eigenvalue weighted by Gasteiger charge is -2.27. The minimum Gasteiger partial charge on any atom is -0.321 e. The van der Waals surface area contributed by atoms with E-state index in [1.54, 1.807) is 24.3 Å². The van der Waals surface area contributed by atoms with E-state index in [9.17, 15) is 4.79 Å². The van der Waals surface area contributed by atoms with Crippen molar-refractivity contribution in [2.45, 2.75) is 33.2 Å². The number of rotatable bonds is 4. The molecule has 0 aliphatic carbocycles. The van der Waals surface area contributed by atoms with Gasteiger partial charge in [0.25, 0.3) is 0 Å². The summed E-state index contributed by atoms with van der Waals surface area (Å²) < 4.78 is 0. The van der Waals surface area contributed by atoms with Crippen molar-refractivity contribution in [3.63, 3.8) is 0 Å². The lowest BCUT2D eigenvalue weighted by molar-refractivity contribution is 0.202. The van der Waals surface area contributed by atoms with Crippen LogP contribution in [0.4, 0.5) is 10.5 Å². The SMILES string of the molecule is CCC(c1cccnc1)N(C)C(=O)Nc1ccc(C)nc1C. The fourth-order valence-electron chi connectivity index (χ4n) is 2.47. The van der Waals surface area contributed by atoms with E-state index in [-0.39, 0.29) is 12.1 Å². The number of carbonyl (C=O) groups excluding carboxylic acids is 1. The van der Waals surface area contributed by atoms with Crippen molar-refractivity contribution in [1.29, 1.82) is 0 Å². The van der Waals surface area contributed by atoms with E-state index in [2.05, 4.69) is 22.2 Å². The smallest absolute Gasteiger partial charge is 0.321 e. The summed E-state index contributed by atoms with van der Waals surface area (Å²) in [4.78, 5) is 22.7. The first-order valence-electron chi connectivity index (χ1n) is 7.41. The van der Waals surface area contributed by atoms with Crippen LogP contribution in [-0.4, -0.2) is 27.9 Å². The number of hydrogen-bond donors (Lipinski definition) is 1. The number of nitrogens with zero attached hydrogens (tertiary/aromatic N) is 3. The largest absolute Gasteiger partial charge is 0.322 e. The Labute approximate surface area is 131 Å². The number of nitrogens with one attached hydrogen (secondary N) is 1. The predicted octanol–water partition coefficient (Wildman–Crippen LogP) is 3.71. The third-order valence-electron chi connectivity index (χ3n) is 3.71. The van der Waals surface area contributed by atoms with Gasteiger partial charge in [-0.1, -0.05) is 13.0 Å². The minimum absolute atomic E-state index is 0.00702. The monoisotopic (exact) mass is 298 g/mol. The maximum Gasteiger partial charge on any atom is 0.322 e. The summed E-state index contributed by atoms with van der Waals surface area (Å²) in [6.45, 7) is 5.88. The first-order valence-corrected chi connectivity index (χ1v) is 7.41. The molecule has 5 heteroatoms. The molecule has 2 aromatic heterocycles. The number of pyridine rings is 2. The van der Waals surface area contributed by atoms with E-state index in [0.717, 1.165) is 29.1 Å². The Kier molecular flexibility index (Phi) is 5.09. The van der Waals surface area contributed by atoms with Gasteiger partial charge < -0.3 is 10.2 Å². The fraction of sp³-hybridized carbons (Fsp3) is 0.353. The van der Waals surface area contributed by atoms with Gasteiger partial charge >= 0.3 is 6.03 Å². The summed E-state index contributed by atoms with van der Waals surface area (Å²) in [7, 11) is 1.80.